The predicted molar refractivity (Wildman–Crippen MR) is 78.9 cm³/mol. The third kappa shape index (κ3) is 3.80. The molecule has 1 amide bonds. The second kappa shape index (κ2) is 6.54. The van der Waals surface area contributed by atoms with Crippen LogP contribution in [0.15, 0.2) is 18.2 Å². The van der Waals surface area contributed by atoms with Gasteiger partial charge in [-0.15, -0.1) is 0 Å². The number of aliphatic carboxylic acids is 1. The molecule has 1 heterocycles. The molecule has 0 radical (unpaired) electrons. The zero-order valence-electron chi connectivity index (χ0n) is 11.4. The van der Waals surface area contributed by atoms with Crippen molar-refractivity contribution in [3.05, 3.63) is 28.2 Å². The van der Waals surface area contributed by atoms with E-state index in [1.54, 1.807) is 25.1 Å². The standard InChI is InChI=1S/C14H15Cl2NO4/c1-8(21-11-6-9(15)5-10(16)7-11)13(18)17-4-2-3-12(17)14(19)20/h5-8,12H,2-4H2,1H3,(H,19,20). The van der Waals surface area contributed by atoms with Crippen LogP contribution in [0.5, 0.6) is 5.75 Å². The first-order valence-corrected chi connectivity index (χ1v) is 7.30. The van der Waals surface area contributed by atoms with Gasteiger partial charge in [0.25, 0.3) is 5.91 Å². The molecule has 1 saturated heterocycles. The maximum absolute atomic E-state index is 12.3. The number of carboxylic acids is 1. The molecular weight excluding hydrogens is 317 g/mol. The zero-order valence-corrected chi connectivity index (χ0v) is 12.9. The fourth-order valence-corrected chi connectivity index (χ4v) is 2.88. The number of carbonyl (C=O) groups excluding carboxylic acids is 1. The van der Waals surface area contributed by atoms with Crippen molar-refractivity contribution in [3.8, 4) is 5.75 Å². The number of likely N-dealkylation sites (tertiary alicyclic amines) is 1. The molecule has 0 spiro atoms. The highest BCUT2D eigenvalue weighted by atomic mass is 35.5. The van der Waals surface area contributed by atoms with Gasteiger partial charge in [0.05, 0.1) is 0 Å². The van der Waals surface area contributed by atoms with Gasteiger partial charge in [0.1, 0.15) is 11.8 Å². The summed E-state index contributed by atoms with van der Waals surface area (Å²) in [6, 6.07) is 3.89. The normalized spacial score (nSPS) is 19.4. The van der Waals surface area contributed by atoms with Gasteiger partial charge in [-0.2, -0.15) is 0 Å². The van der Waals surface area contributed by atoms with Crippen LogP contribution in [0.3, 0.4) is 0 Å². The zero-order chi connectivity index (χ0) is 15.6. The monoisotopic (exact) mass is 331 g/mol. The highest BCUT2D eigenvalue weighted by Crippen LogP contribution is 2.26. The van der Waals surface area contributed by atoms with Crippen LogP contribution in [0.4, 0.5) is 0 Å². The van der Waals surface area contributed by atoms with Crippen molar-refractivity contribution < 1.29 is 19.4 Å². The minimum atomic E-state index is -0.987. The van der Waals surface area contributed by atoms with E-state index in [0.29, 0.717) is 35.2 Å². The van der Waals surface area contributed by atoms with Crippen molar-refractivity contribution in [1.82, 2.24) is 4.90 Å². The fraction of sp³-hybridized carbons (Fsp3) is 0.429. The maximum Gasteiger partial charge on any atom is 0.326 e. The van der Waals surface area contributed by atoms with Gasteiger partial charge in [0.15, 0.2) is 6.10 Å². The molecule has 0 aliphatic carbocycles. The molecule has 1 aromatic rings. The maximum atomic E-state index is 12.3. The van der Waals surface area contributed by atoms with E-state index in [1.807, 2.05) is 0 Å². The molecule has 114 valence electrons. The number of hydrogen-bond acceptors (Lipinski definition) is 3. The highest BCUT2D eigenvalue weighted by Gasteiger charge is 2.36. The van der Waals surface area contributed by atoms with Gasteiger partial charge >= 0.3 is 5.97 Å². The topological polar surface area (TPSA) is 66.8 Å². The lowest BCUT2D eigenvalue weighted by molar-refractivity contribution is -0.150. The summed E-state index contributed by atoms with van der Waals surface area (Å²) in [5, 5.41) is 9.92. The Morgan fingerprint density at radius 3 is 2.52 bits per heavy atom. The summed E-state index contributed by atoms with van der Waals surface area (Å²) in [4.78, 5) is 24.8. The summed E-state index contributed by atoms with van der Waals surface area (Å²) in [7, 11) is 0. The van der Waals surface area contributed by atoms with E-state index in [9.17, 15) is 9.59 Å². The Kier molecular flexibility index (Phi) is 4.96. The lowest BCUT2D eigenvalue weighted by Crippen LogP contribution is -2.46. The van der Waals surface area contributed by atoms with E-state index in [-0.39, 0.29) is 5.91 Å². The van der Waals surface area contributed by atoms with E-state index in [2.05, 4.69) is 0 Å². The van der Waals surface area contributed by atoms with Crippen LogP contribution in [-0.2, 0) is 9.59 Å². The van der Waals surface area contributed by atoms with Crippen LogP contribution < -0.4 is 4.74 Å². The molecule has 7 heteroatoms. The summed E-state index contributed by atoms with van der Waals surface area (Å²) in [5.74, 6) is -0.964. The van der Waals surface area contributed by atoms with E-state index < -0.39 is 18.1 Å². The van der Waals surface area contributed by atoms with Gasteiger partial charge in [-0.05, 0) is 38.0 Å². The average Bonchev–Trinajstić information content (AvgIpc) is 2.85. The quantitative estimate of drug-likeness (QED) is 0.921. The molecule has 2 rings (SSSR count). The van der Waals surface area contributed by atoms with Gasteiger partial charge in [0, 0.05) is 16.6 Å². The van der Waals surface area contributed by atoms with Gasteiger partial charge < -0.3 is 14.7 Å². The molecule has 1 N–H and O–H groups in total. The van der Waals surface area contributed by atoms with E-state index >= 15 is 0 Å². The SMILES string of the molecule is CC(Oc1cc(Cl)cc(Cl)c1)C(=O)N1CCCC1C(=O)O. The summed E-state index contributed by atoms with van der Waals surface area (Å²) >= 11 is 11.7. The molecule has 1 aliphatic heterocycles. The molecule has 0 bridgehead atoms. The van der Waals surface area contributed by atoms with Gasteiger partial charge in [0.2, 0.25) is 0 Å². The minimum Gasteiger partial charge on any atom is -0.481 e. The van der Waals surface area contributed by atoms with Gasteiger partial charge in [-0.1, -0.05) is 23.2 Å². The Morgan fingerprint density at radius 2 is 1.95 bits per heavy atom. The fourth-order valence-electron chi connectivity index (χ4n) is 2.37. The largest absolute Gasteiger partial charge is 0.481 e. The number of benzene rings is 1. The van der Waals surface area contributed by atoms with Crippen LogP contribution in [0.2, 0.25) is 10.0 Å². The second-order valence-electron chi connectivity index (χ2n) is 4.89. The summed E-state index contributed by atoms with van der Waals surface area (Å²) < 4.78 is 5.53. The molecule has 5 nitrogen and oxygen atoms in total. The van der Waals surface area contributed by atoms with Crippen molar-refractivity contribution in [2.75, 3.05) is 6.54 Å². The lowest BCUT2D eigenvalue weighted by Gasteiger charge is -2.25. The molecule has 21 heavy (non-hydrogen) atoms. The molecule has 1 fully saturated rings. The van der Waals surface area contributed by atoms with E-state index in [4.69, 9.17) is 33.0 Å². The first-order valence-electron chi connectivity index (χ1n) is 6.54. The Morgan fingerprint density at radius 1 is 1.33 bits per heavy atom. The Labute approximate surface area is 132 Å². The molecular formula is C14H15Cl2NO4. The van der Waals surface area contributed by atoms with Crippen LogP contribution in [0.1, 0.15) is 19.8 Å². The van der Waals surface area contributed by atoms with Gasteiger partial charge in [-0.3, -0.25) is 4.79 Å². The Balaban J connectivity index is 2.07. The molecule has 2 unspecified atom stereocenters. The van der Waals surface area contributed by atoms with Crippen LogP contribution in [0.25, 0.3) is 0 Å². The first-order chi connectivity index (χ1) is 9.88. The van der Waals surface area contributed by atoms with Crippen molar-refractivity contribution in [2.24, 2.45) is 0 Å². The molecule has 1 aliphatic rings. The average molecular weight is 332 g/mol. The Bertz CT molecular complexity index is 544. The number of carbonyl (C=O) groups is 2. The number of nitrogens with zero attached hydrogens (tertiary/aromatic N) is 1. The molecule has 0 aromatic heterocycles. The van der Waals surface area contributed by atoms with Crippen molar-refractivity contribution in [1.29, 1.82) is 0 Å². The van der Waals surface area contributed by atoms with Crippen molar-refractivity contribution in [2.45, 2.75) is 31.9 Å². The number of ether oxygens (including phenoxy) is 1. The van der Waals surface area contributed by atoms with Crippen molar-refractivity contribution in [3.63, 3.8) is 0 Å². The minimum absolute atomic E-state index is 0.351. The Hall–Kier alpha value is -1.46. The number of hydrogen-bond donors (Lipinski definition) is 1. The number of carboxylic acid groups (broad SMARTS) is 1. The second-order valence-corrected chi connectivity index (χ2v) is 5.77. The molecule has 0 saturated carbocycles. The van der Waals surface area contributed by atoms with Gasteiger partial charge in [-0.25, -0.2) is 4.79 Å². The van der Waals surface area contributed by atoms with Crippen molar-refractivity contribution >= 4 is 35.1 Å². The van der Waals surface area contributed by atoms with E-state index in [1.165, 1.54) is 4.90 Å². The van der Waals surface area contributed by atoms with E-state index in [0.717, 1.165) is 0 Å². The summed E-state index contributed by atoms with van der Waals surface area (Å²) in [6.07, 6.45) is 0.342. The summed E-state index contributed by atoms with van der Waals surface area (Å²) in [6.45, 7) is 2.01. The third-order valence-electron chi connectivity index (χ3n) is 3.32. The number of rotatable bonds is 4. The number of halogens is 2. The smallest absolute Gasteiger partial charge is 0.326 e. The summed E-state index contributed by atoms with van der Waals surface area (Å²) in [5.41, 5.74) is 0. The number of amides is 1. The molecule has 1 aromatic carbocycles. The molecule has 2 atom stereocenters. The predicted octanol–water partition coefficient (Wildman–Crippen LogP) is 2.84. The van der Waals surface area contributed by atoms with Crippen LogP contribution in [0, 0.1) is 0 Å². The van der Waals surface area contributed by atoms with Crippen LogP contribution in [-0.4, -0.2) is 40.6 Å². The van der Waals surface area contributed by atoms with Crippen LogP contribution >= 0.6 is 23.2 Å². The third-order valence-corrected chi connectivity index (χ3v) is 3.75. The lowest BCUT2D eigenvalue weighted by atomic mass is 10.2. The highest BCUT2D eigenvalue weighted by molar-refractivity contribution is 6.34. The first kappa shape index (κ1) is 15.9.